The molecule has 2 N–H and O–H groups in total. The van der Waals surface area contributed by atoms with E-state index in [-0.39, 0.29) is 18.7 Å². The largest absolute Gasteiger partial charge is 0.550 e. The highest BCUT2D eigenvalue weighted by atomic mass is 16.5. The lowest BCUT2D eigenvalue weighted by atomic mass is 10.1. The highest BCUT2D eigenvalue weighted by molar-refractivity contribution is 6.05. The van der Waals surface area contributed by atoms with Crippen LogP contribution in [0.4, 0.5) is 0 Å². The second kappa shape index (κ2) is 11.4. The Bertz CT molecular complexity index is 890. The van der Waals surface area contributed by atoms with E-state index in [1.54, 1.807) is 48.5 Å². The minimum absolute atomic E-state index is 0.00434. The first-order chi connectivity index (χ1) is 14.3. The van der Waals surface area contributed by atoms with Crippen LogP contribution < -0.4 is 20.5 Å². The molecule has 30 heavy (non-hydrogen) atoms. The number of carbonyl (C=O) groups excluding carboxylic acids is 3. The van der Waals surface area contributed by atoms with Crippen molar-refractivity contribution in [2.45, 2.75) is 20.3 Å². The summed E-state index contributed by atoms with van der Waals surface area (Å²) in [5.74, 6) is -1.30. The van der Waals surface area contributed by atoms with E-state index in [1.165, 1.54) is 6.08 Å². The summed E-state index contributed by atoms with van der Waals surface area (Å²) in [6.45, 7) is 4.55. The fourth-order valence-electron chi connectivity index (χ4n) is 2.41. The molecule has 0 fully saturated rings. The van der Waals surface area contributed by atoms with Gasteiger partial charge in [-0.15, -0.1) is 0 Å². The Morgan fingerprint density at radius 2 is 1.70 bits per heavy atom. The third kappa shape index (κ3) is 7.79. The summed E-state index contributed by atoms with van der Waals surface area (Å²) in [6, 6.07) is 15.6. The van der Waals surface area contributed by atoms with E-state index in [4.69, 9.17) is 4.74 Å². The lowest BCUT2D eigenvalue weighted by Crippen LogP contribution is -2.37. The van der Waals surface area contributed by atoms with E-state index in [0.29, 0.717) is 29.4 Å². The molecule has 2 amide bonds. The van der Waals surface area contributed by atoms with Crippen molar-refractivity contribution in [3.05, 3.63) is 71.4 Å². The number of hydrogen-bond acceptors (Lipinski definition) is 5. The van der Waals surface area contributed by atoms with Crippen molar-refractivity contribution in [2.75, 3.05) is 13.2 Å². The number of aliphatic carboxylic acids is 1. The third-order valence-electron chi connectivity index (χ3n) is 3.92. The third-order valence-corrected chi connectivity index (χ3v) is 3.92. The summed E-state index contributed by atoms with van der Waals surface area (Å²) < 4.78 is 5.60. The van der Waals surface area contributed by atoms with Gasteiger partial charge in [-0.25, -0.2) is 0 Å². The number of rotatable bonds is 10. The van der Waals surface area contributed by atoms with Crippen LogP contribution in [0, 0.1) is 5.92 Å². The summed E-state index contributed by atoms with van der Waals surface area (Å²) >= 11 is 0. The van der Waals surface area contributed by atoms with Gasteiger partial charge in [-0.1, -0.05) is 44.2 Å². The normalized spacial score (nSPS) is 11.1. The van der Waals surface area contributed by atoms with Gasteiger partial charge in [-0.3, -0.25) is 9.59 Å². The van der Waals surface area contributed by atoms with Crippen LogP contribution in [-0.4, -0.2) is 30.9 Å². The van der Waals surface area contributed by atoms with Crippen LogP contribution in [0.25, 0.3) is 6.08 Å². The molecule has 158 valence electrons. The molecule has 7 heteroatoms. The maximum absolute atomic E-state index is 12.6. The van der Waals surface area contributed by atoms with E-state index < -0.39 is 17.8 Å². The number of carbonyl (C=O) groups is 3. The van der Waals surface area contributed by atoms with Crippen LogP contribution in [0.2, 0.25) is 0 Å². The molecule has 0 saturated heterocycles. The Balaban J connectivity index is 2.12. The number of hydrogen-bond donors (Lipinski definition) is 2. The number of nitrogens with one attached hydrogen (secondary N) is 2. The van der Waals surface area contributed by atoms with E-state index >= 15 is 0 Å². The zero-order chi connectivity index (χ0) is 21.9. The Morgan fingerprint density at radius 1 is 1.03 bits per heavy atom. The maximum atomic E-state index is 12.6. The van der Waals surface area contributed by atoms with E-state index in [2.05, 4.69) is 10.6 Å². The fourth-order valence-corrected chi connectivity index (χ4v) is 2.41. The molecule has 0 saturated carbocycles. The fraction of sp³-hybridized carbons (Fsp3) is 0.261. The predicted octanol–water partition coefficient (Wildman–Crippen LogP) is 1.75. The molecule has 7 nitrogen and oxygen atoms in total. The topological polar surface area (TPSA) is 108 Å². The van der Waals surface area contributed by atoms with Gasteiger partial charge in [-0.05, 0) is 41.8 Å². The predicted molar refractivity (Wildman–Crippen MR) is 111 cm³/mol. The minimum Gasteiger partial charge on any atom is -0.550 e. The Kier molecular flexibility index (Phi) is 8.62. The SMILES string of the molecule is CC(C)COc1ccc(C(=O)NC(=Cc2ccccc2)C(=O)NCCC(=O)[O-])cc1. The molecule has 2 aromatic carbocycles. The van der Waals surface area contributed by atoms with Gasteiger partial charge in [-0.2, -0.15) is 0 Å². The van der Waals surface area contributed by atoms with Gasteiger partial charge in [0, 0.05) is 24.5 Å². The highest BCUT2D eigenvalue weighted by Crippen LogP contribution is 2.14. The Hall–Kier alpha value is -3.61. The van der Waals surface area contributed by atoms with Crippen molar-refractivity contribution in [2.24, 2.45) is 5.92 Å². The molecule has 0 bridgehead atoms. The van der Waals surface area contributed by atoms with Crippen molar-refractivity contribution in [3.63, 3.8) is 0 Å². The van der Waals surface area contributed by atoms with Gasteiger partial charge < -0.3 is 25.3 Å². The number of carboxylic acid groups (broad SMARTS) is 1. The lowest BCUT2D eigenvalue weighted by molar-refractivity contribution is -0.305. The van der Waals surface area contributed by atoms with Crippen LogP contribution in [0.3, 0.4) is 0 Å². The highest BCUT2D eigenvalue weighted by Gasteiger charge is 2.14. The van der Waals surface area contributed by atoms with Crippen LogP contribution in [-0.2, 0) is 9.59 Å². The molecule has 0 aliphatic rings. The number of carboxylic acids is 1. The summed E-state index contributed by atoms with van der Waals surface area (Å²) in [6.07, 6.45) is 1.20. The number of amides is 2. The van der Waals surface area contributed by atoms with Crippen molar-refractivity contribution < 1.29 is 24.2 Å². The lowest BCUT2D eigenvalue weighted by Gasteiger charge is -2.12. The second-order valence-corrected chi connectivity index (χ2v) is 7.03. The first-order valence-corrected chi connectivity index (χ1v) is 9.64. The zero-order valence-electron chi connectivity index (χ0n) is 17.0. The van der Waals surface area contributed by atoms with Gasteiger partial charge >= 0.3 is 0 Å². The second-order valence-electron chi connectivity index (χ2n) is 7.03. The van der Waals surface area contributed by atoms with Gasteiger partial charge in [0.15, 0.2) is 0 Å². The van der Waals surface area contributed by atoms with Crippen LogP contribution in [0.5, 0.6) is 5.75 Å². The van der Waals surface area contributed by atoms with Crippen molar-refractivity contribution in [1.29, 1.82) is 0 Å². The molecule has 0 aliphatic heterocycles. The van der Waals surface area contributed by atoms with E-state index in [1.807, 2.05) is 19.9 Å². The molecule has 2 rings (SSSR count). The first kappa shape index (κ1) is 22.7. The van der Waals surface area contributed by atoms with E-state index in [9.17, 15) is 19.5 Å². The molecule has 0 heterocycles. The standard InChI is InChI=1S/C23H26N2O5/c1-16(2)15-30-19-10-8-18(9-11-19)22(28)25-20(14-17-6-4-3-5-7-17)23(29)24-13-12-21(26)27/h3-11,14,16H,12-13,15H2,1-2H3,(H,24,29)(H,25,28)(H,26,27)/p-1. The smallest absolute Gasteiger partial charge is 0.267 e. The molecule has 0 spiro atoms. The number of ether oxygens (including phenoxy) is 1. The average Bonchev–Trinajstić information content (AvgIpc) is 2.72. The maximum Gasteiger partial charge on any atom is 0.267 e. The van der Waals surface area contributed by atoms with Crippen molar-refractivity contribution >= 4 is 23.9 Å². The number of benzene rings is 2. The summed E-state index contributed by atoms with van der Waals surface area (Å²) in [5.41, 5.74) is 1.07. The van der Waals surface area contributed by atoms with E-state index in [0.717, 1.165) is 0 Å². The molecule has 0 atom stereocenters. The monoisotopic (exact) mass is 409 g/mol. The van der Waals surface area contributed by atoms with Crippen LogP contribution >= 0.6 is 0 Å². The minimum atomic E-state index is -1.27. The van der Waals surface area contributed by atoms with Gasteiger partial charge in [0.25, 0.3) is 11.8 Å². The molecule has 0 radical (unpaired) electrons. The molecular weight excluding hydrogens is 384 g/mol. The van der Waals surface area contributed by atoms with Crippen molar-refractivity contribution in [3.8, 4) is 5.75 Å². The van der Waals surface area contributed by atoms with Gasteiger partial charge in [0.05, 0.1) is 6.61 Å². The quantitative estimate of drug-likeness (QED) is 0.582. The zero-order valence-corrected chi connectivity index (χ0v) is 17.0. The summed E-state index contributed by atoms with van der Waals surface area (Å²) in [7, 11) is 0. The Morgan fingerprint density at radius 3 is 2.30 bits per heavy atom. The van der Waals surface area contributed by atoms with Gasteiger partial charge in [0.1, 0.15) is 11.4 Å². The molecule has 0 aliphatic carbocycles. The Labute approximate surface area is 175 Å². The van der Waals surface area contributed by atoms with Gasteiger partial charge in [0.2, 0.25) is 0 Å². The molecular formula is C23H25N2O5-. The summed E-state index contributed by atoms with van der Waals surface area (Å²) in [5, 5.41) is 15.6. The van der Waals surface area contributed by atoms with Crippen LogP contribution in [0.1, 0.15) is 36.2 Å². The first-order valence-electron chi connectivity index (χ1n) is 9.64. The average molecular weight is 409 g/mol. The molecule has 0 unspecified atom stereocenters. The van der Waals surface area contributed by atoms with Crippen molar-refractivity contribution in [1.82, 2.24) is 10.6 Å². The van der Waals surface area contributed by atoms with Crippen LogP contribution in [0.15, 0.2) is 60.3 Å². The summed E-state index contributed by atoms with van der Waals surface area (Å²) in [4.78, 5) is 35.7. The molecule has 2 aromatic rings. The molecule has 0 aromatic heterocycles.